The van der Waals surface area contributed by atoms with Crippen molar-refractivity contribution in [2.24, 2.45) is 0 Å². The lowest BCUT2D eigenvalue weighted by molar-refractivity contribution is -0.141. The van der Waals surface area contributed by atoms with Crippen LogP contribution in [0.15, 0.2) is 18.2 Å². The van der Waals surface area contributed by atoms with Crippen molar-refractivity contribution in [3.8, 4) is 5.75 Å². The fourth-order valence-electron chi connectivity index (χ4n) is 2.28. The fourth-order valence-corrected chi connectivity index (χ4v) is 2.28. The second kappa shape index (κ2) is 4.89. The van der Waals surface area contributed by atoms with E-state index in [4.69, 9.17) is 5.11 Å². The highest BCUT2D eigenvalue weighted by Gasteiger charge is 2.39. The Balaban J connectivity index is 2.33. The van der Waals surface area contributed by atoms with Crippen LogP contribution in [0.1, 0.15) is 22.3 Å². The van der Waals surface area contributed by atoms with Crippen LogP contribution in [0.25, 0.3) is 0 Å². The van der Waals surface area contributed by atoms with Crippen LogP contribution in [0, 0.1) is 6.92 Å². The molecule has 6 heteroatoms. The summed E-state index contributed by atoms with van der Waals surface area (Å²) in [6.07, 6.45) is -0.804. The van der Waals surface area contributed by atoms with E-state index in [2.05, 4.69) is 0 Å². The molecule has 0 spiro atoms. The Bertz CT molecular complexity index is 528. The van der Waals surface area contributed by atoms with Crippen molar-refractivity contribution >= 4 is 11.9 Å². The number of phenolic OH excluding ortho intramolecular Hbond substituents is 1. The van der Waals surface area contributed by atoms with Gasteiger partial charge < -0.3 is 20.2 Å². The molecule has 1 aromatic rings. The molecule has 0 aromatic heterocycles. The number of carboxylic acid groups (broad SMARTS) is 1. The maximum absolute atomic E-state index is 12.3. The monoisotopic (exact) mass is 265 g/mol. The van der Waals surface area contributed by atoms with Gasteiger partial charge in [-0.25, -0.2) is 4.79 Å². The second-order valence-corrected chi connectivity index (χ2v) is 4.65. The number of phenols is 1. The summed E-state index contributed by atoms with van der Waals surface area (Å²) in [6.45, 7) is 1.58. The highest BCUT2D eigenvalue weighted by Crippen LogP contribution is 2.25. The number of aliphatic hydroxyl groups excluding tert-OH is 1. The van der Waals surface area contributed by atoms with E-state index < -0.39 is 24.0 Å². The molecule has 19 heavy (non-hydrogen) atoms. The van der Waals surface area contributed by atoms with E-state index in [1.165, 1.54) is 18.2 Å². The zero-order valence-electron chi connectivity index (χ0n) is 10.4. The molecule has 1 aromatic carbocycles. The van der Waals surface area contributed by atoms with Crippen LogP contribution < -0.4 is 0 Å². The average Bonchev–Trinajstić information content (AvgIpc) is 2.74. The first kappa shape index (κ1) is 13.4. The van der Waals surface area contributed by atoms with Gasteiger partial charge in [0.15, 0.2) is 0 Å². The smallest absolute Gasteiger partial charge is 0.326 e. The summed E-state index contributed by atoms with van der Waals surface area (Å²) in [5.74, 6) is -1.64. The summed E-state index contributed by atoms with van der Waals surface area (Å²) in [5, 5.41) is 28.2. The minimum absolute atomic E-state index is 0.00903. The van der Waals surface area contributed by atoms with Gasteiger partial charge in [0.1, 0.15) is 11.8 Å². The van der Waals surface area contributed by atoms with Crippen molar-refractivity contribution in [3.05, 3.63) is 29.3 Å². The van der Waals surface area contributed by atoms with Gasteiger partial charge in [0.2, 0.25) is 0 Å². The van der Waals surface area contributed by atoms with Gasteiger partial charge in [-0.15, -0.1) is 0 Å². The molecule has 0 bridgehead atoms. The number of benzene rings is 1. The van der Waals surface area contributed by atoms with Gasteiger partial charge in [0, 0.05) is 24.1 Å². The van der Waals surface area contributed by atoms with Crippen molar-refractivity contribution in [2.45, 2.75) is 25.5 Å². The number of nitrogens with zero attached hydrogens (tertiary/aromatic N) is 1. The van der Waals surface area contributed by atoms with Gasteiger partial charge in [-0.3, -0.25) is 4.79 Å². The van der Waals surface area contributed by atoms with Crippen LogP contribution in [0.5, 0.6) is 5.75 Å². The van der Waals surface area contributed by atoms with E-state index in [0.29, 0.717) is 5.56 Å². The Morgan fingerprint density at radius 1 is 1.37 bits per heavy atom. The minimum atomic E-state index is -1.14. The van der Waals surface area contributed by atoms with Crippen LogP contribution in [0.2, 0.25) is 0 Å². The Morgan fingerprint density at radius 3 is 2.68 bits per heavy atom. The van der Waals surface area contributed by atoms with E-state index >= 15 is 0 Å². The molecule has 0 aliphatic carbocycles. The number of aromatic hydroxyl groups is 1. The van der Waals surface area contributed by atoms with E-state index in [-0.39, 0.29) is 24.3 Å². The lowest BCUT2D eigenvalue weighted by Crippen LogP contribution is -2.40. The summed E-state index contributed by atoms with van der Waals surface area (Å²) < 4.78 is 0. The standard InChI is InChI=1S/C13H15NO5/c1-7-9(3-2-4-11(7)16)12(17)14-6-8(15)5-10(14)13(18)19/h2-4,8,10,15-16H,5-6H2,1H3,(H,18,19)/t8-,10-/m0/s1. The molecule has 3 N–H and O–H groups in total. The fraction of sp³-hybridized carbons (Fsp3) is 0.385. The normalized spacial score (nSPS) is 22.5. The number of hydrogen-bond donors (Lipinski definition) is 3. The number of carboxylic acids is 1. The molecule has 2 rings (SSSR count). The second-order valence-electron chi connectivity index (χ2n) is 4.65. The SMILES string of the molecule is Cc1c(O)cccc1C(=O)N1C[C@@H](O)C[C@H]1C(=O)O. The first-order valence-electron chi connectivity index (χ1n) is 5.92. The van der Waals surface area contributed by atoms with Crippen LogP contribution in [-0.2, 0) is 4.79 Å². The van der Waals surface area contributed by atoms with Gasteiger partial charge in [-0.05, 0) is 19.1 Å². The topological polar surface area (TPSA) is 98.1 Å². The van der Waals surface area contributed by atoms with Gasteiger partial charge in [-0.2, -0.15) is 0 Å². The molecule has 1 fully saturated rings. The number of likely N-dealkylation sites (tertiary alicyclic amines) is 1. The highest BCUT2D eigenvalue weighted by atomic mass is 16.4. The predicted molar refractivity (Wildman–Crippen MR) is 65.9 cm³/mol. The van der Waals surface area contributed by atoms with Gasteiger partial charge in [-0.1, -0.05) is 6.07 Å². The minimum Gasteiger partial charge on any atom is -0.508 e. The van der Waals surface area contributed by atoms with Crippen LogP contribution in [0.4, 0.5) is 0 Å². The largest absolute Gasteiger partial charge is 0.508 e. The van der Waals surface area contributed by atoms with Gasteiger partial charge in [0.25, 0.3) is 5.91 Å². The highest BCUT2D eigenvalue weighted by molar-refractivity contribution is 5.98. The predicted octanol–water partition coefficient (Wildman–Crippen LogP) is 0.361. The summed E-state index contributed by atoms with van der Waals surface area (Å²) >= 11 is 0. The molecule has 1 aliphatic heterocycles. The van der Waals surface area contributed by atoms with E-state index in [1.54, 1.807) is 6.92 Å². The number of carbonyl (C=O) groups excluding carboxylic acids is 1. The van der Waals surface area contributed by atoms with E-state index in [9.17, 15) is 19.8 Å². The molecule has 2 atom stereocenters. The molecular formula is C13H15NO5. The van der Waals surface area contributed by atoms with Crippen molar-refractivity contribution < 1.29 is 24.9 Å². The molecule has 0 radical (unpaired) electrons. The number of β-amino-alcohol motifs (C(OH)–C–C–N with tert-alkyl or cyclic N) is 1. The van der Waals surface area contributed by atoms with Gasteiger partial charge >= 0.3 is 5.97 Å². The molecule has 102 valence electrons. The maximum Gasteiger partial charge on any atom is 0.326 e. The van der Waals surface area contributed by atoms with Crippen LogP contribution >= 0.6 is 0 Å². The van der Waals surface area contributed by atoms with Crippen molar-refractivity contribution in [3.63, 3.8) is 0 Å². The zero-order valence-corrected chi connectivity index (χ0v) is 10.4. The summed E-state index contributed by atoms with van der Waals surface area (Å²) in [4.78, 5) is 24.5. The number of hydrogen-bond acceptors (Lipinski definition) is 4. The number of carbonyl (C=O) groups is 2. The lowest BCUT2D eigenvalue weighted by atomic mass is 10.1. The Hall–Kier alpha value is -2.08. The molecule has 1 saturated heterocycles. The summed E-state index contributed by atoms with van der Waals surface area (Å²) in [5.41, 5.74) is 0.651. The summed E-state index contributed by atoms with van der Waals surface area (Å²) in [7, 11) is 0. The summed E-state index contributed by atoms with van der Waals surface area (Å²) in [6, 6.07) is 3.49. The van der Waals surface area contributed by atoms with Crippen molar-refractivity contribution in [1.29, 1.82) is 0 Å². The van der Waals surface area contributed by atoms with E-state index in [1.807, 2.05) is 0 Å². The Kier molecular flexibility index (Phi) is 3.44. The van der Waals surface area contributed by atoms with Crippen molar-refractivity contribution in [2.75, 3.05) is 6.54 Å². The lowest BCUT2D eigenvalue weighted by Gasteiger charge is -2.22. The Labute approximate surface area is 109 Å². The quantitative estimate of drug-likeness (QED) is 0.717. The molecule has 1 heterocycles. The third-order valence-corrected chi connectivity index (χ3v) is 3.36. The molecule has 1 amide bonds. The van der Waals surface area contributed by atoms with Crippen molar-refractivity contribution in [1.82, 2.24) is 4.90 Å². The number of aliphatic hydroxyl groups is 1. The molecule has 1 aliphatic rings. The van der Waals surface area contributed by atoms with Crippen LogP contribution in [0.3, 0.4) is 0 Å². The maximum atomic E-state index is 12.3. The Morgan fingerprint density at radius 2 is 2.05 bits per heavy atom. The number of amides is 1. The number of rotatable bonds is 2. The number of aliphatic carboxylic acids is 1. The molecular weight excluding hydrogens is 250 g/mol. The molecule has 0 saturated carbocycles. The zero-order chi connectivity index (χ0) is 14.2. The average molecular weight is 265 g/mol. The molecule has 6 nitrogen and oxygen atoms in total. The van der Waals surface area contributed by atoms with Crippen LogP contribution in [-0.4, -0.2) is 50.8 Å². The molecule has 0 unspecified atom stereocenters. The third-order valence-electron chi connectivity index (χ3n) is 3.36. The van der Waals surface area contributed by atoms with E-state index in [0.717, 1.165) is 4.90 Å². The third kappa shape index (κ3) is 2.39. The van der Waals surface area contributed by atoms with Gasteiger partial charge in [0.05, 0.1) is 6.10 Å². The first-order chi connectivity index (χ1) is 8.91. The first-order valence-corrected chi connectivity index (χ1v) is 5.92.